The number of rotatable bonds is 2. The molecule has 0 unspecified atom stereocenters. The summed E-state index contributed by atoms with van der Waals surface area (Å²) in [5.41, 5.74) is 2.17. The SMILES string of the molecule is COc1ccc(-c2cc3n(n2)CCNC3=O)cc1Cl. The normalized spacial score (nSPS) is 13.9. The molecule has 19 heavy (non-hydrogen) atoms. The highest BCUT2D eigenvalue weighted by Crippen LogP contribution is 2.30. The van der Waals surface area contributed by atoms with E-state index in [4.69, 9.17) is 16.3 Å². The summed E-state index contributed by atoms with van der Waals surface area (Å²) in [6.07, 6.45) is 0. The number of amides is 1. The first-order valence-corrected chi connectivity index (χ1v) is 6.27. The van der Waals surface area contributed by atoms with Crippen LogP contribution in [-0.4, -0.2) is 29.3 Å². The van der Waals surface area contributed by atoms with E-state index >= 15 is 0 Å². The van der Waals surface area contributed by atoms with Crippen molar-refractivity contribution in [2.45, 2.75) is 6.54 Å². The smallest absolute Gasteiger partial charge is 0.269 e. The molecule has 0 saturated heterocycles. The van der Waals surface area contributed by atoms with Gasteiger partial charge in [0.15, 0.2) is 0 Å². The van der Waals surface area contributed by atoms with Gasteiger partial charge in [-0.15, -0.1) is 0 Å². The fourth-order valence-electron chi connectivity index (χ4n) is 2.10. The highest BCUT2D eigenvalue weighted by Gasteiger charge is 2.19. The van der Waals surface area contributed by atoms with Crippen molar-refractivity contribution in [1.29, 1.82) is 0 Å². The molecule has 1 aromatic heterocycles. The first-order valence-electron chi connectivity index (χ1n) is 5.89. The predicted molar refractivity (Wildman–Crippen MR) is 71.6 cm³/mol. The molecule has 0 saturated carbocycles. The van der Waals surface area contributed by atoms with Crippen LogP contribution in [-0.2, 0) is 6.54 Å². The van der Waals surface area contributed by atoms with E-state index in [1.807, 2.05) is 6.07 Å². The van der Waals surface area contributed by atoms with Gasteiger partial charge in [-0.2, -0.15) is 5.10 Å². The summed E-state index contributed by atoms with van der Waals surface area (Å²) < 4.78 is 6.83. The van der Waals surface area contributed by atoms with E-state index in [1.165, 1.54) is 0 Å². The van der Waals surface area contributed by atoms with E-state index in [0.717, 1.165) is 11.3 Å². The minimum absolute atomic E-state index is 0.0930. The van der Waals surface area contributed by atoms with E-state index in [0.29, 0.717) is 29.6 Å². The largest absolute Gasteiger partial charge is 0.495 e. The first kappa shape index (κ1) is 12.0. The third-order valence-corrected chi connectivity index (χ3v) is 3.36. The lowest BCUT2D eigenvalue weighted by Crippen LogP contribution is -2.35. The Balaban J connectivity index is 2.03. The van der Waals surface area contributed by atoms with E-state index < -0.39 is 0 Å². The monoisotopic (exact) mass is 277 g/mol. The van der Waals surface area contributed by atoms with E-state index in [-0.39, 0.29) is 5.91 Å². The topological polar surface area (TPSA) is 56.1 Å². The molecular formula is C13H12ClN3O2. The van der Waals surface area contributed by atoms with Crippen molar-refractivity contribution in [1.82, 2.24) is 15.1 Å². The van der Waals surface area contributed by atoms with E-state index in [2.05, 4.69) is 10.4 Å². The van der Waals surface area contributed by atoms with Gasteiger partial charge >= 0.3 is 0 Å². The Kier molecular flexibility index (Phi) is 2.91. The Morgan fingerprint density at radius 2 is 2.26 bits per heavy atom. The van der Waals surface area contributed by atoms with Crippen LogP contribution in [0.4, 0.5) is 0 Å². The number of methoxy groups -OCH3 is 1. The fraction of sp³-hybridized carbons (Fsp3) is 0.231. The zero-order chi connectivity index (χ0) is 13.4. The number of hydrogen-bond donors (Lipinski definition) is 1. The lowest BCUT2D eigenvalue weighted by molar-refractivity contribution is 0.0924. The average Bonchev–Trinajstić information content (AvgIpc) is 2.84. The standard InChI is InChI=1S/C13H12ClN3O2/c1-19-12-3-2-8(6-9(12)14)10-7-11-13(18)15-4-5-17(11)16-10/h2-3,6-7H,4-5H2,1H3,(H,15,18). The number of aromatic nitrogens is 2. The van der Waals surface area contributed by atoms with Gasteiger partial charge in [0.05, 0.1) is 24.4 Å². The molecule has 98 valence electrons. The summed E-state index contributed by atoms with van der Waals surface area (Å²) in [4.78, 5) is 11.7. The van der Waals surface area contributed by atoms with E-state index in [9.17, 15) is 4.79 Å². The molecule has 1 N–H and O–H groups in total. The second kappa shape index (κ2) is 4.59. The van der Waals surface area contributed by atoms with Gasteiger partial charge in [0.1, 0.15) is 11.4 Å². The summed E-state index contributed by atoms with van der Waals surface area (Å²) >= 11 is 6.10. The zero-order valence-corrected chi connectivity index (χ0v) is 11.1. The second-order valence-corrected chi connectivity index (χ2v) is 4.65. The molecule has 1 aliphatic rings. The van der Waals surface area contributed by atoms with Crippen molar-refractivity contribution in [2.75, 3.05) is 13.7 Å². The Morgan fingerprint density at radius 1 is 1.42 bits per heavy atom. The van der Waals surface area contributed by atoms with Gasteiger partial charge in [-0.1, -0.05) is 11.6 Å². The first-order chi connectivity index (χ1) is 9.19. The summed E-state index contributed by atoms with van der Waals surface area (Å²) in [6, 6.07) is 7.21. The van der Waals surface area contributed by atoms with Gasteiger partial charge in [0.2, 0.25) is 0 Å². The maximum atomic E-state index is 11.7. The summed E-state index contributed by atoms with van der Waals surface area (Å²) in [5.74, 6) is 0.525. The summed E-state index contributed by atoms with van der Waals surface area (Å²) in [5, 5.41) is 7.73. The Bertz CT molecular complexity index is 651. The molecule has 3 rings (SSSR count). The van der Waals surface area contributed by atoms with Crippen molar-refractivity contribution in [3.05, 3.63) is 35.0 Å². The van der Waals surface area contributed by atoms with Crippen molar-refractivity contribution in [3.8, 4) is 17.0 Å². The molecule has 0 aliphatic carbocycles. The second-order valence-electron chi connectivity index (χ2n) is 4.24. The van der Waals surface area contributed by atoms with Crippen molar-refractivity contribution < 1.29 is 9.53 Å². The predicted octanol–water partition coefficient (Wildman–Crippen LogP) is 1.96. The molecule has 0 bridgehead atoms. The van der Waals surface area contributed by atoms with Crippen molar-refractivity contribution >= 4 is 17.5 Å². The fourth-order valence-corrected chi connectivity index (χ4v) is 2.36. The summed E-state index contributed by atoms with van der Waals surface area (Å²) in [6.45, 7) is 1.29. The van der Waals surface area contributed by atoms with Gasteiger partial charge in [0, 0.05) is 12.1 Å². The number of benzene rings is 1. The molecule has 2 aromatic rings. The van der Waals surface area contributed by atoms with Crippen LogP contribution in [0.3, 0.4) is 0 Å². The van der Waals surface area contributed by atoms with Gasteiger partial charge in [0.25, 0.3) is 5.91 Å². The Morgan fingerprint density at radius 3 is 2.95 bits per heavy atom. The number of halogens is 1. The van der Waals surface area contributed by atoms with Gasteiger partial charge in [-0.3, -0.25) is 9.48 Å². The van der Waals surface area contributed by atoms with Crippen LogP contribution in [0, 0.1) is 0 Å². The third kappa shape index (κ3) is 2.06. The molecular weight excluding hydrogens is 266 g/mol. The molecule has 0 atom stereocenters. The lowest BCUT2D eigenvalue weighted by atomic mass is 10.1. The summed E-state index contributed by atoms with van der Waals surface area (Å²) in [7, 11) is 1.57. The van der Waals surface area contributed by atoms with Crippen molar-refractivity contribution in [3.63, 3.8) is 0 Å². The molecule has 0 spiro atoms. The molecule has 0 radical (unpaired) electrons. The maximum Gasteiger partial charge on any atom is 0.269 e. The average molecular weight is 278 g/mol. The zero-order valence-electron chi connectivity index (χ0n) is 10.3. The lowest BCUT2D eigenvalue weighted by Gasteiger charge is -2.13. The molecule has 1 amide bonds. The van der Waals surface area contributed by atoms with Crippen molar-refractivity contribution in [2.24, 2.45) is 0 Å². The molecule has 5 nitrogen and oxygen atoms in total. The number of nitrogens with one attached hydrogen (secondary N) is 1. The maximum absolute atomic E-state index is 11.7. The molecule has 0 fully saturated rings. The Labute approximate surface area is 115 Å². The quantitative estimate of drug-likeness (QED) is 0.913. The van der Waals surface area contributed by atoms with Crippen LogP contribution < -0.4 is 10.1 Å². The highest BCUT2D eigenvalue weighted by atomic mass is 35.5. The van der Waals surface area contributed by atoms with E-state index in [1.54, 1.807) is 30.0 Å². The number of fused-ring (bicyclic) bond motifs is 1. The molecule has 6 heteroatoms. The highest BCUT2D eigenvalue weighted by molar-refractivity contribution is 6.32. The van der Waals surface area contributed by atoms with Gasteiger partial charge in [-0.25, -0.2) is 0 Å². The van der Waals surface area contributed by atoms with Crippen LogP contribution in [0.15, 0.2) is 24.3 Å². The van der Waals surface area contributed by atoms with Gasteiger partial charge in [-0.05, 0) is 24.3 Å². The van der Waals surface area contributed by atoms with Crippen LogP contribution in [0.1, 0.15) is 10.5 Å². The molecule has 1 aromatic carbocycles. The minimum atomic E-state index is -0.0930. The number of carbonyl (C=O) groups excluding carboxylic acids is 1. The minimum Gasteiger partial charge on any atom is -0.495 e. The Hall–Kier alpha value is -2.01. The third-order valence-electron chi connectivity index (χ3n) is 3.07. The van der Waals surface area contributed by atoms with Crippen LogP contribution in [0.5, 0.6) is 5.75 Å². The molecule has 1 aliphatic heterocycles. The number of carbonyl (C=O) groups is 1. The van der Waals surface area contributed by atoms with Crippen LogP contribution in [0.25, 0.3) is 11.3 Å². The van der Waals surface area contributed by atoms with Gasteiger partial charge < -0.3 is 10.1 Å². The number of nitrogens with zero attached hydrogens (tertiary/aromatic N) is 2. The molecule has 2 heterocycles. The number of hydrogen-bond acceptors (Lipinski definition) is 3. The van der Waals surface area contributed by atoms with Crippen LogP contribution >= 0.6 is 11.6 Å². The number of ether oxygens (including phenoxy) is 1. The van der Waals surface area contributed by atoms with Crippen LogP contribution in [0.2, 0.25) is 5.02 Å².